The van der Waals surface area contributed by atoms with E-state index in [1.165, 1.54) is 22.7 Å². The van der Waals surface area contributed by atoms with Crippen LogP contribution in [0.5, 0.6) is 0 Å². The van der Waals surface area contributed by atoms with Crippen molar-refractivity contribution in [1.82, 2.24) is 14.4 Å². The second-order valence-corrected chi connectivity index (χ2v) is 7.83. The molecule has 0 fully saturated rings. The Morgan fingerprint density at radius 3 is 2.46 bits per heavy atom. The van der Waals surface area contributed by atoms with Gasteiger partial charge >= 0.3 is 5.97 Å². The molecule has 0 aliphatic carbocycles. The summed E-state index contributed by atoms with van der Waals surface area (Å²) in [6, 6.07) is 11.6. The van der Waals surface area contributed by atoms with E-state index in [2.05, 4.69) is 15.3 Å². The van der Waals surface area contributed by atoms with Crippen molar-refractivity contribution >= 4 is 23.3 Å². The average Bonchev–Trinajstić information content (AvgIpc) is 3.23. The highest BCUT2D eigenvalue weighted by Gasteiger charge is 2.32. The van der Waals surface area contributed by atoms with E-state index in [-0.39, 0.29) is 22.6 Å². The summed E-state index contributed by atoms with van der Waals surface area (Å²) in [4.78, 5) is 18.2. The quantitative estimate of drug-likeness (QED) is 0.183. The number of aliphatic hydroxyl groups excluding tert-OH is 1. The van der Waals surface area contributed by atoms with Crippen LogP contribution in [0.1, 0.15) is 28.7 Å². The Balaban J connectivity index is 0.000000261. The molecule has 10 nitrogen and oxygen atoms in total. The molecule has 0 saturated heterocycles. The Bertz CT molecular complexity index is 1370. The maximum Gasteiger partial charge on any atom is 0.339 e. The fourth-order valence-corrected chi connectivity index (χ4v) is 3.49. The molecule has 0 saturated carbocycles. The number of aliphatic hydroxyl groups is 4. The number of carbonyl (C=O) groups excluding carboxylic acids is 1. The number of benzene rings is 2. The van der Waals surface area contributed by atoms with E-state index in [0.29, 0.717) is 23.2 Å². The molecule has 1 atom stereocenters. The van der Waals surface area contributed by atoms with Crippen LogP contribution in [0.25, 0.3) is 16.8 Å². The van der Waals surface area contributed by atoms with E-state index in [1.54, 1.807) is 32.2 Å². The Kier molecular flexibility index (Phi) is 7.46. The normalized spacial score (nSPS) is 12.1. The zero-order valence-electron chi connectivity index (χ0n) is 19.3. The number of hydrogen-bond donors (Lipinski definition) is 6. The number of nitrogens with zero attached hydrogens (tertiary/aromatic N) is 3. The maximum atomic E-state index is 14.5. The average molecular weight is 484 g/mol. The van der Waals surface area contributed by atoms with Gasteiger partial charge in [-0.15, -0.1) is 0 Å². The van der Waals surface area contributed by atoms with Crippen molar-refractivity contribution in [3.05, 3.63) is 77.1 Å². The predicted octanol–water partition coefficient (Wildman–Crippen LogP) is 1.78. The Morgan fingerprint density at radius 1 is 1.17 bits per heavy atom. The summed E-state index contributed by atoms with van der Waals surface area (Å²) in [6.45, 7) is 3.53. The predicted molar refractivity (Wildman–Crippen MR) is 128 cm³/mol. The molecule has 4 aromatic rings. The molecular weight excluding hydrogens is 457 g/mol. The molecular formula is C24H26FN5O5. The number of imidazole rings is 1. The van der Waals surface area contributed by atoms with Crippen molar-refractivity contribution in [2.45, 2.75) is 25.9 Å². The topological polar surface area (TPSA) is 166 Å². The lowest BCUT2D eigenvalue weighted by Crippen LogP contribution is -2.27. The van der Waals surface area contributed by atoms with Gasteiger partial charge in [-0.3, -0.25) is 4.40 Å². The minimum atomic E-state index is -3.22. The first-order chi connectivity index (χ1) is 16.5. The van der Waals surface area contributed by atoms with Crippen LogP contribution in [0.2, 0.25) is 0 Å². The van der Waals surface area contributed by atoms with E-state index in [0.717, 1.165) is 5.56 Å². The number of rotatable bonds is 5. The third-order valence-corrected chi connectivity index (χ3v) is 5.19. The molecule has 2 heterocycles. The molecule has 0 amide bonds. The first-order valence-corrected chi connectivity index (χ1v) is 10.5. The lowest BCUT2D eigenvalue weighted by Gasteiger charge is -2.13. The number of nitrogen functional groups attached to an aromatic ring is 1. The number of hydrogen-bond acceptors (Lipinski definition) is 9. The van der Waals surface area contributed by atoms with E-state index in [9.17, 15) is 24.5 Å². The summed E-state index contributed by atoms with van der Waals surface area (Å²) in [5.74, 6) is -4.30. The van der Waals surface area contributed by atoms with Crippen LogP contribution in [0.3, 0.4) is 0 Å². The van der Waals surface area contributed by atoms with Crippen LogP contribution < -0.4 is 11.1 Å². The molecule has 0 spiro atoms. The third kappa shape index (κ3) is 5.44. The lowest BCUT2D eigenvalue weighted by atomic mass is 10.1. The Hall–Kier alpha value is -3.90. The van der Waals surface area contributed by atoms with Crippen LogP contribution in [-0.2, 0) is 10.8 Å². The van der Waals surface area contributed by atoms with Gasteiger partial charge in [-0.25, -0.2) is 14.4 Å². The van der Waals surface area contributed by atoms with E-state index in [4.69, 9.17) is 10.8 Å². The maximum absolute atomic E-state index is 14.5. The molecule has 0 bridgehead atoms. The van der Waals surface area contributed by atoms with Gasteiger partial charge in [-0.05, 0) is 37.6 Å². The zero-order valence-corrected chi connectivity index (χ0v) is 19.3. The van der Waals surface area contributed by atoms with E-state index >= 15 is 0 Å². The molecule has 2 aromatic heterocycles. The van der Waals surface area contributed by atoms with E-state index in [1.807, 2.05) is 19.1 Å². The van der Waals surface area contributed by atoms with Gasteiger partial charge in [0.25, 0.3) is 0 Å². The van der Waals surface area contributed by atoms with E-state index < -0.39 is 23.7 Å². The van der Waals surface area contributed by atoms with Crippen molar-refractivity contribution in [3.63, 3.8) is 0 Å². The smallest absolute Gasteiger partial charge is 0.339 e. The van der Waals surface area contributed by atoms with Crippen LogP contribution in [0.4, 0.5) is 15.9 Å². The summed E-state index contributed by atoms with van der Waals surface area (Å²) >= 11 is 0. The van der Waals surface area contributed by atoms with Crippen LogP contribution in [0.15, 0.2) is 48.7 Å². The molecule has 7 N–H and O–H groups in total. The molecule has 0 aliphatic rings. The van der Waals surface area contributed by atoms with Gasteiger partial charge in [0.05, 0.1) is 0 Å². The second kappa shape index (κ2) is 10.2. The number of nitrogens with two attached hydrogens (primary N) is 1. The number of nitrogens with one attached hydrogen (secondary N) is 1. The molecule has 0 radical (unpaired) electrons. The highest BCUT2D eigenvalue weighted by atomic mass is 19.1. The molecule has 184 valence electrons. The summed E-state index contributed by atoms with van der Waals surface area (Å²) in [5.41, 5.74) is 8.86. The van der Waals surface area contributed by atoms with Crippen molar-refractivity contribution in [3.8, 4) is 11.3 Å². The van der Waals surface area contributed by atoms with Crippen LogP contribution in [-0.4, -0.2) is 48.1 Å². The third-order valence-electron chi connectivity index (χ3n) is 5.19. The van der Waals surface area contributed by atoms with Crippen molar-refractivity contribution in [1.29, 1.82) is 0 Å². The molecule has 1 unspecified atom stereocenters. The summed E-state index contributed by atoms with van der Waals surface area (Å²) in [7, 11) is 1.65. The number of anilines is 2. The highest BCUT2D eigenvalue weighted by molar-refractivity contribution is 5.86. The Morgan fingerprint density at radius 2 is 1.89 bits per heavy atom. The van der Waals surface area contributed by atoms with Gasteiger partial charge in [0.2, 0.25) is 5.82 Å². The van der Waals surface area contributed by atoms with Gasteiger partial charge in [0, 0.05) is 30.2 Å². The van der Waals surface area contributed by atoms with Gasteiger partial charge in [-0.1, -0.05) is 29.8 Å². The number of carbonyl (C=O) groups is 1. The van der Waals surface area contributed by atoms with Crippen molar-refractivity contribution in [2.75, 3.05) is 18.1 Å². The van der Waals surface area contributed by atoms with Crippen molar-refractivity contribution in [2.24, 2.45) is 0 Å². The lowest BCUT2D eigenvalue weighted by molar-refractivity contribution is -0.329. The van der Waals surface area contributed by atoms with Gasteiger partial charge in [0.1, 0.15) is 28.9 Å². The van der Waals surface area contributed by atoms with Gasteiger partial charge in [0.15, 0.2) is 6.29 Å². The number of aryl methyl sites for hydroxylation is 2. The Labute approximate surface area is 200 Å². The summed E-state index contributed by atoms with van der Waals surface area (Å²) < 4.78 is 15.7. The number of aldehydes is 1. The van der Waals surface area contributed by atoms with Crippen LogP contribution in [0, 0.1) is 19.7 Å². The van der Waals surface area contributed by atoms with Crippen molar-refractivity contribution < 1.29 is 29.6 Å². The highest BCUT2D eigenvalue weighted by Crippen LogP contribution is 2.33. The molecule has 0 aliphatic heterocycles. The van der Waals surface area contributed by atoms with Gasteiger partial charge < -0.3 is 36.3 Å². The molecule has 4 rings (SSSR count). The zero-order chi connectivity index (χ0) is 25.9. The number of aromatic nitrogens is 3. The second-order valence-electron chi connectivity index (χ2n) is 7.83. The fraction of sp³-hybridized carbons (Fsp3) is 0.208. The molecule has 11 heteroatoms. The first kappa shape index (κ1) is 25.7. The summed E-state index contributed by atoms with van der Waals surface area (Å²) in [5, 5.41) is 40.6. The SMILES string of the molecule is CNc1ccc(-c2nc(C(O)(O)O)n3c(C)cnc(N)c23)c(F)c1.Cc1cccc(C(O)C=O)c1. The number of halogens is 1. The minimum absolute atomic E-state index is 0.00990. The number of fused-ring (bicyclic) bond motifs is 1. The van der Waals surface area contributed by atoms with Gasteiger partial charge in [-0.2, -0.15) is 0 Å². The minimum Gasteiger partial charge on any atom is -0.388 e. The summed E-state index contributed by atoms with van der Waals surface area (Å²) in [6.07, 6.45) is 0.924. The molecule has 2 aromatic carbocycles. The standard InChI is InChI=1S/C15H16FN5O3.C9H10O2/c1-7-6-19-13(17)12-11(20-14(21(7)12)15(22,23)24)9-4-3-8(18-2)5-10(9)16;1-7-3-2-4-8(5-7)9(11)6-10/h3-6,18,22-24H,1-2H3,(H2,17,19);2-6,9,11H,1H3. The fourth-order valence-electron chi connectivity index (χ4n) is 3.49. The molecule has 35 heavy (non-hydrogen) atoms. The largest absolute Gasteiger partial charge is 0.388 e. The monoisotopic (exact) mass is 483 g/mol. The first-order valence-electron chi connectivity index (χ1n) is 10.5. The van der Waals surface area contributed by atoms with Crippen LogP contribution >= 0.6 is 0 Å².